The minimum Gasteiger partial charge on any atom is -0.311 e. The van der Waals surface area contributed by atoms with Gasteiger partial charge in [0.25, 0.3) is 0 Å². The number of para-hydroxylation sites is 4. The highest BCUT2D eigenvalue weighted by Gasteiger charge is 2.39. The van der Waals surface area contributed by atoms with Gasteiger partial charge in [0, 0.05) is 33.5 Å². The third-order valence-corrected chi connectivity index (χ3v) is 10.6. The normalized spacial score (nSPS) is 12.1. The van der Waals surface area contributed by atoms with Gasteiger partial charge in [-0.2, -0.15) is 10.5 Å². The maximum atomic E-state index is 10.3. The summed E-state index contributed by atoms with van der Waals surface area (Å²) in [6.07, 6.45) is 0. The minimum absolute atomic E-state index is 0.346. The lowest BCUT2D eigenvalue weighted by molar-refractivity contribution is 0.744. The number of nitriles is 2. The Morgan fingerprint density at radius 3 is 1.33 bits per heavy atom. The van der Waals surface area contributed by atoms with Crippen LogP contribution in [0.2, 0.25) is 0 Å². The van der Waals surface area contributed by atoms with Gasteiger partial charge in [-0.15, -0.1) is 0 Å². The molecule has 4 nitrogen and oxygen atoms in total. The molecule has 0 aliphatic rings. The number of benzene rings is 8. The van der Waals surface area contributed by atoms with Crippen molar-refractivity contribution in [1.82, 2.24) is 4.57 Å². The Bertz CT molecular complexity index is 2770. The molecular weight excluding hydrogens is 669 g/mol. The molecule has 0 aliphatic heterocycles. The van der Waals surface area contributed by atoms with E-state index < -0.39 is 5.41 Å². The van der Waals surface area contributed by atoms with Gasteiger partial charge in [-0.1, -0.05) is 133 Å². The Hall–Kier alpha value is -7.66. The van der Waals surface area contributed by atoms with Crippen molar-refractivity contribution >= 4 is 38.9 Å². The molecule has 1 unspecified atom stereocenters. The van der Waals surface area contributed by atoms with E-state index in [-0.39, 0.29) is 0 Å². The van der Waals surface area contributed by atoms with Crippen LogP contribution in [-0.4, -0.2) is 4.57 Å². The molecule has 0 saturated heterocycles. The lowest BCUT2D eigenvalue weighted by atomic mass is 9.64. The first-order valence-electron chi connectivity index (χ1n) is 18.3. The fourth-order valence-corrected chi connectivity index (χ4v) is 8.18. The summed E-state index contributed by atoms with van der Waals surface area (Å²) in [6, 6.07) is 76.0. The van der Waals surface area contributed by atoms with Crippen molar-refractivity contribution in [2.75, 3.05) is 4.90 Å². The van der Waals surface area contributed by atoms with E-state index in [1.165, 1.54) is 10.8 Å². The van der Waals surface area contributed by atoms with Crippen molar-refractivity contribution in [2.24, 2.45) is 0 Å². The Morgan fingerprint density at radius 2 is 0.800 bits per heavy atom. The number of nitrogens with zero attached hydrogens (tertiary/aromatic N) is 4. The van der Waals surface area contributed by atoms with Crippen molar-refractivity contribution in [3.63, 3.8) is 0 Å². The fourth-order valence-electron chi connectivity index (χ4n) is 8.18. The summed E-state index contributed by atoms with van der Waals surface area (Å²) in [7, 11) is 0. The van der Waals surface area contributed by atoms with Crippen LogP contribution in [0.1, 0.15) is 33.4 Å². The van der Waals surface area contributed by atoms with E-state index in [4.69, 9.17) is 0 Å². The maximum Gasteiger partial charge on any atom is 0.101 e. The van der Waals surface area contributed by atoms with E-state index in [9.17, 15) is 10.5 Å². The molecule has 258 valence electrons. The molecule has 0 N–H and O–H groups in total. The van der Waals surface area contributed by atoms with Crippen LogP contribution < -0.4 is 4.90 Å². The topological polar surface area (TPSA) is 55.8 Å². The van der Waals surface area contributed by atoms with Gasteiger partial charge in [0.15, 0.2) is 0 Å². The highest BCUT2D eigenvalue weighted by atomic mass is 15.1. The molecule has 0 bridgehead atoms. The smallest absolute Gasteiger partial charge is 0.101 e. The summed E-state index contributed by atoms with van der Waals surface area (Å²) in [4.78, 5) is 2.25. The molecule has 9 aromatic rings. The number of fused-ring (bicyclic) bond motifs is 3. The molecule has 1 heterocycles. The summed E-state index contributed by atoms with van der Waals surface area (Å²) >= 11 is 0. The Morgan fingerprint density at radius 1 is 0.382 bits per heavy atom. The van der Waals surface area contributed by atoms with Crippen LogP contribution in [0.5, 0.6) is 0 Å². The molecule has 9 rings (SSSR count). The van der Waals surface area contributed by atoms with Crippen molar-refractivity contribution in [2.45, 2.75) is 5.41 Å². The molecule has 0 saturated carbocycles. The van der Waals surface area contributed by atoms with E-state index in [1.807, 2.05) is 30.3 Å². The zero-order chi connectivity index (χ0) is 37.2. The fraction of sp³-hybridized carbons (Fsp3) is 0.0196. The van der Waals surface area contributed by atoms with Gasteiger partial charge < -0.3 is 9.47 Å². The van der Waals surface area contributed by atoms with Gasteiger partial charge in [0.2, 0.25) is 0 Å². The van der Waals surface area contributed by atoms with Crippen LogP contribution in [-0.2, 0) is 5.41 Å². The molecule has 1 aromatic heterocycles. The average Bonchev–Trinajstić information content (AvgIpc) is 3.60. The molecule has 0 fully saturated rings. The van der Waals surface area contributed by atoms with Gasteiger partial charge in [-0.05, 0) is 95.1 Å². The summed E-state index contributed by atoms with van der Waals surface area (Å²) in [5.74, 6) is 0. The van der Waals surface area contributed by atoms with Crippen LogP contribution in [0.25, 0.3) is 27.5 Å². The van der Waals surface area contributed by atoms with Crippen molar-refractivity contribution in [1.29, 1.82) is 10.5 Å². The number of hydrogen-bond acceptors (Lipinski definition) is 3. The SMILES string of the molecule is N#Cc1ccc(C(c2ccccc2)(c2ccc(N(c3ccccc3)c3ccccc3)cc2)c2ccc(-n3c4ccccc4c4ccccc43)cc2)cc1C#N. The van der Waals surface area contributed by atoms with Crippen molar-refractivity contribution < 1.29 is 0 Å². The first kappa shape index (κ1) is 33.2. The van der Waals surface area contributed by atoms with Crippen LogP contribution >= 0.6 is 0 Å². The highest BCUT2D eigenvalue weighted by Crippen LogP contribution is 2.47. The van der Waals surface area contributed by atoms with E-state index in [0.717, 1.165) is 56.0 Å². The summed E-state index contributed by atoms with van der Waals surface area (Å²) in [5.41, 5.74) is 10.3. The minimum atomic E-state index is -0.844. The predicted molar refractivity (Wildman–Crippen MR) is 223 cm³/mol. The van der Waals surface area contributed by atoms with Gasteiger partial charge >= 0.3 is 0 Å². The largest absolute Gasteiger partial charge is 0.311 e. The predicted octanol–water partition coefficient (Wildman–Crippen LogP) is 12.4. The number of aromatic nitrogens is 1. The van der Waals surface area contributed by atoms with Gasteiger partial charge in [0.1, 0.15) is 12.1 Å². The molecule has 4 heteroatoms. The highest BCUT2D eigenvalue weighted by molar-refractivity contribution is 6.09. The van der Waals surface area contributed by atoms with Crippen molar-refractivity contribution in [3.8, 4) is 17.8 Å². The third kappa shape index (κ3) is 5.62. The van der Waals surface area contributed by atoms with E-state index in [0.29, 0.717) is 11.1 Å². The van der Waals surface area contributed by atoms with Crippen LogP contribution in [0.4, 0.5) is 17.1 Å². The second-order valence-electron chi connectivity index (χ2n) is 13.6. The first-order valence-corrected chi connectivity index (χ1v) is 18.3. The zero-order valence-electron chi connectivity index (χ0n) is 29.9. The number of rotatable bonds is 8. The number of hydrogen-bond donors (Lipinski definition) is 0. The summed E-state index contributed by atoms with van der Waals surface area (Å²) in [6.45, 7) is 0. The van der Waals surface area contributed by atoms with E-state index in [2.05, 4.69) is 191 Å². The lowest BCUT2D eigenvalue weighted by Crippen LogP contribution is -2.31. The first-order chi connectivity index (χ1) is 27.2. The second kappa shape index (κ2) is 14.1. The summed E-state index contributed by atoms with van der Waals surface area (Å²) < 4.78 is 2.32. The molecular formula is C51H34N4. The van der Waals surface area contributed by atoms with Crippen LogP contribution in [0, 0.1) is 22.7 Å². The van der Waals surface area contributed by atoms with E-state index in [1.54, 1.807) is 6.07 Å². The Balaban J connectivity index is 1.28. The second-order valence-corrected chi connectivity index (χ2v) is 13.6. The molecule has 0 radical (unpaired) electrons. The standard InChI is InChI=1S/C51H34N4/c52-35-37-24-25-42(34-38(37)36-53)51(39-14-4-1-5-15-39,40-26-30-45(31-27-40)54(43-16-6-2-7-17-43)44-18-8-3-9-19-44)41-28-32-46(33-29-41)55-49-22-12-10-20-47(49)48-21-11-13-23-50(48)55/h1-34H. The van der Waals surface area contributed by atoms with Gasteiger partial charge in [-0.25, -0.2) is 0 Å². The molecule has 8 aromatic carbocycles. The van der Waals surface area contributed by atoms with Crippen LogP contribution in [0.15, 0.2) is 206 Å². The Labute approximate surface area is 320 Å². The molecule has 0 spiro atoms. The molecule has 55 heavy (non-hydrogen) atoms. The Kier molecular flexibility index (Phi) is 8.48. The quantitative estimate of drug-likeness (QED) is 0.148. The third-order valence-electron chi connectivity index (χ3n) is 10.6. The number of anilines is 3. The maximum absolute atomic E-state index is 10.3. The van der Waals surface area contributed by atoms with Gasteiger partial charge in [0.05, 0.1) is 27.6 Å². The average molecular weight is 703 g/mol. The van der Waals surface area contributed by atoms with Gasteiger partial charge in [-0.3, -0.25) is 0 Å². The molecule has 0 aliphatic carbocycles. The summed E-state index contributed by atoms with van der Waals surface area (Å²) in [5, 5.41) is 22.6. The van der Waals surface area contributed by atoms with Crippen molar-refractivity contribution in [3.05, 3.63) is 240 Å². The van der Waals surface area contributed by atoms with E-state index >= 15 is 0 Å². The van der Waals surface area contributed by atoms with Crippen LogP contribution in [0.3, 0.4) is 0 Å². The monoisotopic (exact) mass is 702 g/mol. The lowest BCUT2D eigenvalue weighted by Gasteiger charge is -2.37. The molecule has 0 amide bonds. The zero-order valence-corrected chi connectivity index (χ0v) is 29.9. The molecule has 1 atom stereocenters.